The maximum absolute atomic E-state index is 10.5. The molecule has 0 aliphatic heterocycles. The third-order valence-corrected chi connectivity index (χ3v) is 1.74. The Labute approximate surface area is 74.3 Å². The van der Waals surface area contributed by atoms with Gasteiger partial charge in [-0.1, -0.05) is 0 Å². The average molecular weight is 180 g/mol. The van der Waals surface area contributed by atoms with Gasteiger partial charge in [0.15, 0.2) is 6.29 Å². The van der Waals surface area contributed by atoms with E-state index in [-0.39, 0.29) is 11.4 Å². The summed E-state index contributed by atoms with van der Waals surface area (Å²) < 4.78 is 0. The molecule has 68 valence electrons. The summed E-state index contributed by atoms with van der Waals surface area (Å²) in [5.41, 5.74) is 6.17. The maximum Gasteiger partial charge on any atom is 0.292 e. The molecule has 0 heterocycles. The highest BCUT2D eigenvalue weighted by Gasteiger charge is 2.13. The predicted octanol–water partition coefficient (Wildman–Crippen LogP) is 1.30. The van der Waals surface area contributed by atoms with Crippen molar-refractivity contribution in [2.24, 2.45) is 0 Å². The molecule has 0 saturated heterocycles. The quantitative estimate of drug-likeness (QED) is 0.321. The van der Waals surface area contributed by atoms with E-state index in [2.05, 4.69) is 0 Å². The van der Waals surface area contributed by atoms with Crippen molar-refractivity contribution in [3.8, 4) is 0 Å². The molecule has 2 N–H and O–H groups in total. The Kier molecular flexibility index (Phi) is 2.27. The number of aldehydes is 1. The Morgan fingerprint density at radius 2 is 2.15 bits per heavy atom. The molecule has 1 rings (SSSR count). The van der Waals surface area contributed by atoms with Gasteiger partial charge in [-0.25, -0.2) is 0 Å². The van der Waals surface area contributed by atoms with Crippen LogP contribution in [0.5, 0.6) is 0 Å². The second-order valence-electron chi connectivity index (χ2n) is 2.64. The van der Waals surface area contributed by atoms with E-state index in [0.717, 1.165) is 0 Å². The Morgan fingerprint density at radius 1 is 1.54 bits per heavy atom. The number of aryl methyl sites for hydroxylation is 1. The first kappa shape index (κ1) is 9.18. The van der Waals surface area contributed by atoms with Gasteiger partial charge in [0.1, 0.15) is 5.69 Å². The summed E-state index contributed by atoms with van der Waals surface area (Å²) >= 11 is 0. The minimum Gasteiger partial charge on any atom is -0.393 e. The van der Waals surface area contributed by atoms with Crippen molar-refractivity contribution in [2.45, 2.75) is 6.92 Å². The number of anilines is 1. The lowest BCUT2D eigenvalue weighted by Crippen LogP contribution is -1.98. The third-order valence-electron chi connectivity index (χ3n) is 1.74. The zero-order chi connectivity index (χ0) is 10.0. The molecule has 0 aliphatic rings. The van der Waals surface area contributed by atoms with Crippen molar-refractivity contribution >= 4 is 17.7 Å². The lowest BCUT2D eigenvalue weighted by molar-refractivity contribution is -0.383. The molecule has 5 heteroatoms. The van der Waals surface area contributed by atoms with Crippen LogP contribution in [0.15, 0.2) is 12.1 Å². The van der Waals surface area contributed by atoms with Gasteiger partial charge in [-0.3, -0.25) is 14.9 Å². The van der Waals surface area contributed by atoms with Gasteiger partial charge in [-0.05, 0) is 18.6 Å². The molecular weight excluding hydrogens is 172 g/mol. The van der Waals surface area contributed by atoms with Crippen LogP contribution >= 0.6 is 0 Å². The average Bonchev–Trinajstić information content (AvgIpc) is 2.03. The summed E-state index contributed by atoms with van der Waals surface area (Å²) in [6.07, 6.45) is 0.571. The van der Waals surface area contributed by atoms with E-state index in [0.29, 0.717) is 17.4 Å². The first-order chi connectivity index (χ1) is 6.06. The third kappa shape index (κ3) is 1.64. The Balaban J connectivity index is 3.38. The van der Waals surface area contributed by atoms with Crippen molar-refractivity contribution in [3.05, 3.63) is 33.4 Å². The molecule has 0 aliphatic carbocycles. The van der Waals surface area contributed by atoms with Crippen LogP contribution in [0.4, 0.5) is 11.4 Å². The molecule has 0 atom stereocenters. The van der Waals surface area contributed by atoms with E-state index >= 15 is 0 Å². The van der Waals surface area contributed by atoms with E-state index in [1.807, 2.05) is 0 Å². The number of hydrogen-bond acceptors (Lipinski definition) is 4. The highest BCUT2D eigenvalue weighted by molar-refractivity contribution is 5.81. The van der Waals surface area contributed by atoms with E-state index in [9.17, 15) is 14.9 Å². The number of hydrogen-bond donors (Lipinski definition) is 1. The monoisotopic (exact) mass is 180 g/mol. The Hall–Kier alpha value is -1.91. The van der Waals surface area contributed by atoms with Crippen LogP contribution in [0.25, 0.3) is 0 Å². The predicted molar refractivity (Wildman–Crippen MR) is 47.6 cm³/mol. The van der Waals surface area contributed by atoms with Crippen molar-refractivity contribution in [1.29, 1.82) is 0 Å². The number of nitro groups is 1. The maximum atomic E-state index is 10.5. The molecule has 13 heavy (non-hydrogen) atoms. The molecule has 0 spiro atoms. The van der Waals surface area contributed by atoms with Crippen LogP contribution in [0.2, 0.25) is 0 Å². The fourth-order valence-electron chi connectivity index (χ4n) is 1.02. The van der Waals surface area contributed by atoms with E-state index in [4.69, 9.17) is 5.73 Å². The van der Waals surface area contributed by atoms with Crippen molar-refractivity contribution < 1.29 is 9.72 Å². The van der Waals surface area contributed by atoms with Crippen LogP contribution in [0, 0.1) is 17.0 Å². The van der Waals surface area contributed by atoms with Crippen LogP contribution in [0.1, 0.15) is 15.9 Å². The standard InChI is InChI=1S/C8H8N2O3/c1-5-2-7(9)8(10(12)13)3-6(5)4-11/h2-4H,9H2,1H3. The molecule has 0 fully saturated rings. The molecule has 0 amide bonds. The van der Waals surface area contributed by atoms with Gasteiger partial charge < -0.3 is 5.73 Å². The number of carbonyl (C=O) groups is 1. The molecule has 0 bridgehead atoms. The summed E-state index contributed by atoms with van der Waals surface area (Å²) in [6, 6.07) is 2.60. The molecule has 0 aromatic heterocycles. The lowest BCUT2D eigenvalue weighted by atomic mass is 10.1. The number of nitrogens with zero attached hydrogens (tertiary/aromatic N) is 1. The van der Waals surface area contributed by atoms with Crippen molar-refractivity contribution in [3.63, 3.8) is 0 Å². The van der Waals surface area contributed by atoms with Gasteiger partial charge in [0, 0.05) is 11.6 Å². The smallest absolute Gasteiger partial charge is 0.292 e. The van der Waals surface area contributed by atoms with E-state index in [1.165, 1.54) is 12.1 Å². The summed E-state index contributed by atoms with van der Waals surface area (Å²) in [5.74, 6) is 0. The van der Waals surface area contributed by atoms with Gasteiger partial charge >= 0.3 is 0 Å². The van der Waals surface area contributed by atoms with Gasteiger partial charge in [0.2, 0.25) is 0 Å². The van der Waals surface area contributed by atoms with E-state index in [1.54, 1.807) is 6.92 Å². The molecule has 0 saturated carbocycles. The Bertz CT molecular complexity index is 374. The van der Waals surface area contributed by atoms with Gasteiger partial charge in [0.05, 0.1) is 4.92 Å². The van der Waals surface area contributed by atoms with Crippen LogP contribution < -0.4 is 5.73 Å². The van der Waals surface area contributed by atoms with Gasteiger partial charge in [-0.2, -0.15) is 0 Å². The van der Waals surface area contributed by atoms with Gasteiger partial charge in [-0.15, -0.1) is 0 Å². The largest absolute Gasteiger partial charge is 0.393 e. The zero-order valence-corrected chi connectivity index (χ0v) is 6.98. The first-order valence-electron chi connectivity index (χ1n) is 3.56. The second kappa shape index (κ2) is 3.22. The number of nitrogens with two attached hydrogens (primary N) is 1. The minimum atomic E-state index is -0.609. The topological polar surface area (TPSA) is 86.2 Å². The zero-order valence-electron chi connectivity index (χ0n) is 6.98. The minimum absolute atomic E-state index is 0.0769. The first-order valence-corrected chi connectivity index (χ1v) is 3.56. The van der Waals surface area contributed by atoms with Crippen molar-refractivity contribution in [1.82, 2.24) is 0 Å². The highest BCUT2D eigenvalue weighted by atomic mass is 16.6. The van der Waals surface area contributed by atoms with Crippen LogP contribution in [0.3, 0.4) is 0 Å². The molecule has 1 aromatic carbocycles. The number of benzene rings is 1. The summed E-state index contributed by atoms with van der Waals surface area (Å²) in [7, 11) is 0. The lowest BCUT2D eigenvalue weighted by Gasteiger charge is -2.00. The second-order valence-corrected chi connectivity index (χ2v) is 2.64. The number of nitrogen functional groups attached to an aromatic ring is 1. The van der Waals surface area contributed by atoms with Gasteiger partial charge in [0.25, 0.3) is 5.69 Å². The summed E-state index contributed by atoms with van der Waals surface area (Å²) in [5, 5.41) is 10.4. The number of nitro benzene ring substituents is 1. The fraction of sp³-hybridized carbons (Fsp3) is 0.125. The summed E-state index contributed by atoms with van der Waals surface area (Å²) in [6.45, 7) is 1.67. The molecule has 5 nitrogen and oxygen atoms in total. The van der Waals surface area contributed by atoms with Crippen LogP contribution in [-0.2, 0) is 0 Å². The Morgan fingerprint density at radius 3 is 2.62 bits per heavy atom. The summed E-state index contributed by atoms with van der Waals surface area (Å²) in [4.78, 5) is 20.3. The number of carbonyl (C=O) groups excluding carboxylic acids is 1. The molecular formula is C8H8N2O3. The molecule has 1 aromatic rings. The molecule has 0 unspecified atom stereocenters. The fourth-order valence-corrected chi connectivity index (χ4v) is 1.02. The highest BCUT2D eigenvalue weighted by Crippen LogP contribution is 2.24. The number of rotatable bonds is 2. The van der Waals surface area contributed by atoms with E-state index < -0.39 is 4.92 Å². The van der Waals surface area contributed by atoms with Crippen molar-refractivity contribution in [2.75, 3.05) is 5.73 Å². The normalized spacial score (nSPS) is 9.62. The van der Waals surface area contributed by atoms with Crippen LogP contribution in [-0.4, -0.2) is 11.2 Å². The molecule has 0 radical (unpaired) electrons. The SMILES string of the molecule is Cc1cc(N)c([N+](=O)[O-])cc1C=O.